The number of nitrogens with one attached hydrogen (secondary N) is 1. The van der Waals surface area contributed by atoms with Crippen LogP contribution in [0.25, 0.3) is 0 Å². The molecule has 4 heteroatoms. The van der Waals surface area contributed by atoms with Gasteiger partial charge in [0.1, 0.15) is 5.54 Å². The zero-order valence-electron chi connectivity index (χ0n) is 13.3. The van der Waals surface area contributed by atoms with Crippen molar-refractivity contribution in [1.82, 2.24) is 10.2 Å². The third kappa shape index (κ3) is 2.85. The number of fused-ring (bicyclic) bond motifs is 1. The molecular weight excluding hydrogens is 264 g/mol. The van der Waals surface area contributed by atoms with E-state index in [0.717, 1.165) is 37.8 Å². The molecule has 0 amide bonds. The van der Waals surface area contributed by atoms with Crippen LogP contribution in [0.4, 0.5) is 0 Å². The summed E-state index contributed by atoms with van der Waals surface area (Å²) in [5.41, 5.74) is -0.666. The predicted octanol–water partition coefficient (Wildman–Crippen LogP) is 2.63. The van der Waals surface area contributed by atoms with E-state index in [9.17, 15) is 9.90 Å². The molecule has 0 radical (unpaired) electrons. The molecule has 120 valence electrons. The lowest BCUT2D eigenvalue weighted by molar-refractivity contribution is -0.144. The summed E-state index contributed by atoms with van der Waals surface area (Å²) in [6, 6.07) is 1.22. The summed E-state index contributed by atoms with van der Waals surface area (Å²) in [4.78, 5) is 14.4. The lowest BCUT2D eigenvalue weighted by Crippen LogP contribution is -2.54. The van der Waals surface area contributed by atoms with Crippen molar-refractivity contribution in [3.63, 3.8) is 0 Å². The van der Waals surface area contributed by atoms with Crippen LogP contribution in [0.5, 0.6) is 0 Å². The van der Waals surface area contributed by atoms with E-state index in [1.165, 1.54) is 45.1 Å². The van der Waals surface area contributed by atoms with Gasteiger partial charge >= 0.3 is 5.97 Å². The molecule has 1 saturated heterocycles. The van der Waals surface area contributed by atoms with Gasteiger partial charge in [0.25, 0.3) is 0 Å². The van der Waals surface area contributed by atoms with Crippen LogP contribution in [-0.4, -0.2) is 46.7 Å². The van der Waals surface area contributed by atoms with Crippen LogP contribution >= 0.6 is 0 Å². The highest BCUT2D eigenvalue weighted by atomic mass is 16.4. The minimum absolute atomic E-state index is 0.478. The lowest BCUT2D eigenvalue weighted by atomic mass is 9.77. The standard InChI is InChI=1S/C17H30N2O2/c1-2-18-17(16(20)21)10-9-14(12-17)19-11-5-7-13-6-3-4-8-15(13)19/h13-15,18H,2-12H2,1H3,(H,20,21). The van der Waals surface area contributed by atoms with Gasteiger partial charge in [-0.05, 0) is 64.0 Å². The Morgan fingerprint density at radius 1 is 1.24 bits per heavy atom. The number of carboxylic acids is 1. The van der Waals surface area contributed by atoms with Crippen molar-refractivity contribution in [1.29, 1.82) is 0 Å². The molecule has 4 atom stereocenters. The molecule has 3 rings (SSSR count). The molecule has 0 bridgehead atoms. The number of likely N-dealkylation sites (N-methyl/N-ethyl adjacent to an activating group) is 1. The maximum absolute atomic E-state index is 11.7. The van der Waals surface area contributed by atoms with Crippen molar-refractivity contribution < 1.29 is 9.90 Å². The van der Waals surface area contributed by atoms with Crippen LogP contribution < -0.4 is 5.32 Å². The van der Waals surface area contributed by atoms with E-state index in [1.54, 1.807) is 0 Å². The Morgan fingerprint density at radius 2 is 2.00 bits per heavy atom. The van der Waals surface area contributed by atoms with Gasteiger partial charge in [-0.25, -0.2) is 0 Å². The first-order valence-electron chi connectivity index (χ1n) is 8.90. The Bertz CT molecular complexity index is 385. The van der Waals surface area contributed by atoms with Crippen LogP contribution in [0.3, 0.4) is 0 Å². The molecule has 2 aliphatic carbocycles. The number of likely N-dealkylation sites (tertiary alicyclic amines) is 1. The number of aliphatic carboxylic acids is 1. The third-order valence-electron chi connectivity index (χ3n) is 6.17. The fourth-order valence-corrected chi connectivity index (χ4v) is 5.19. The van der Waals surface area contributed by atoms with E-state index in [-0.39, 0.29) is 0 Å². The normalized spacial score (nSPS) is 40.9. The van der Waals surface area contributed by atoms with Crippen molar-refractivity contribution in [2.24, 2.45) is 5.92 Å². The zero-order chi connectivity index (χ0) is 14.9. The highest BCUT2D eigenvalue weighted by Crippen LogP contribution is 2.41. The van der Waals surface area contributed by atoms with Gasteiger partial charge in [-0.1, -0.05) is 19.8 Å². The molecule has 1 aliphatic heterocycles. The molecule has 21 heavy (non-hydrogen) atoms. The van der Waals surface area contributed by atoms with E-state index >= 15 is 0 Å². The Morgan fingerprint density at radius 3 is 2.76 bits per heavy atom. The van der Waals surface area contributed by atoms with Gasteiger partial charge in [-0.15, -0.1) is 0 Å². The predicted molar refractivity (Wildman–Crippen MR) is 83.4 cm³/mol. The molecule has 4 unspecified atom stereocenters. The van der Waals surface area contributed by atoms with E-state index in [1.807, 2.05) is 6.92 Å². The first kappa shape index (κ1) is 15.3. The highest BCUT2D eigenvalue weighted by Gasteiger charge is 2.48. The van der Waals surface area contributed by atoms with E-state index in [0.29, 0.717) is 6.04 Å². The quantitative estimate of drug-likeness (QED) is 0.837. The Labute approximate surface area is 128 Å². The molecule has 3 aliphatic rings. The first-order valence-corrected chi connectivity index (χ1v) is 8.90. The van der Waals surface area contributed by atoms with Crippen LogP contribution in [0.15, 0.2) is 0 Å². The Hall–Kier alpha value is -0.610. The number of nitrogens with zero attached hydrogens (tertiary/aromatic N) is 1. The number of carbonyl (C=O) groups is 1. The van der Waals surface area contributed by atoms with Crippen LogP contribution in [0.2, 0.25) is 0 Å². The summed E-state index contributed by atoms with van der Waals surface area (Å²) in [5, 5.41) is 12.9. The van der Waals surface area contributed by atoms with Crippen molar-refractivity contribution >= 4 is 5.97 Å². The minimum Gasteiger partial charge on any atom is -0.480 e. The van der Waals surface area contributed by atoms with E-state index < -0.39 is 11.5 Å². The largest absolute Gasteiger partial charge is 0.480 e. The van der Waals surface area contributed by atoms with Gasteiger partial charge < -0.3 is 10.4 Å². The maximum Gasteiger partial charge on any atom is 0.323 e. The summed E-state index contributed by atoms with van der Waals surface area (Å²) < 4.78 is 0. The van der Waals surface area contributed by atoms with Crippen LogP contribution in [-0.2, 0) is 4.79 Å². The summed E-state index contributed by atoms with van der Waals surface area (Å²) in [5.74, 6) is 0.232. The molecule has 2 saturated carbocycles. The molecular formula is C17H30N2O2. The monoisotopic (exact) mass is 294 g/mol. The van der Waals surface area contributed by atoms with Crippen molar-refractivity contribution in [2.75, 3.05) is 13.1 Å². The molecule has 0 aromatic carbocycles. The molecule has 1 heterocycles. The number of hydrogen-bond donors (Lipinski definition) is 2. The van der Waals surface area contributed by atoms with Crippen molar-refractivity contribution in [3.05, 3.63) is 0 Å². The molecule has 0 aromatic heterocycles. The summed E-state index contributed by atoms with van der Waals surface area (Å²) in [6.07, 6.45) is 10.8. The first-order chi connectivity index (χ1) is 10.2. The lowest BCUT2D eigenvalue weighted by Gasteiger charge is -2.47. The number of hydrogen-bond acceptors (Lipinski definition) is 3. The maximum atomic E-state index is 11.7. The van der Waals surface area contributed by atoms with Crippen LogP contribution in [0.1, 0.15) is 64.7 Å². The second-order valence-electron chi connectivity index (χ2n) is 7.31. The average Bonchev–Trinajstić information content (AvgIpc) is 2.92. The summed E-state index contributed by atoms with van der Waals surface area (Å²) in [7, 11) is 0. The average molecular weight is 294 g/mol. The minimum atomic E-state index is -0.666. The van der Waals surface area contributed by atoms with Gasteiger partial charge in [-0.2, -0.15) is 0 Å². The topological polar surface area (TPSA) is 52.6 Å². The Kier molecular flexibility index (Phi) is 4.55. The van der Waals surface area contributed by atoms with Gasteiger partial charge in [0.05, 0.1) is 0 Å². The van der Waals surface area contributed by atoms with Crippen molar-refractivity contribution in [2.45, 2.75) is 82.3 Å². The zero-order valence-corrected chi connectivity index (χ0v) is 13.3. The molecule has 3 fully saturated rings. The summed E-state index contributed by atoms with van der Waals surface area (Å²) >= 11 is 0. The molecule has 0 spiro atoms. The van der Waals surface area contributed by atoms with E-state index in [4.69, 9.17) is 0 Å². The SMILES string of the molecule is CCNC1(C(=O)O)CCC(N2CCCC3CCCCC32)C1. The van der Waals surface area contributed by atoms with Gasteiger partial charge in [0, 0.05) is 12.1 Å². The molecule has 4 nitrogen and oxygen atoms in total. The van der Waals surface area contributed by atoms with Crippen LogP contribution in [0, 0.1) is 5.92 Å². The fourth-order valence-electron chi connectivity index (χ4n) is 5.19. The highest BCUT2D eigenvalue weighted by molar-refractivity contribution is 5.79. The number of piperidine rings is 1. The molecule has 2 N–H and O–H groups in total. The van der Waals surface area contributed by atoms with E-state index in [2.05, 4.69) is 10.2 Å². The number of rotatable bonds is 4. The Balaban J connectivity index is 1.71. The smallest absolute Gasteiger partial charge is 0.323 e. The third-order valence-corrected chi connectivity index (χ3v) is 6.17. The molecule has 0 aromatic rings. The van der Waals surface area contributed by atoms with Gasteiger partial charge in [0.15, 0.2) is 0 Å². The fraction of sp³-hybridized carbons (Fsp3) is 0.941. The second kappa shape index (κ2) is 6.25. The van der Waals surface area contributed by atoms with Gasteiger partial charge in [-0.3, -0.25) is 9.69 Å². The van der Waals surface area contributed by atoms with Crippen molar-refractivity contribution in [3.8, 4) is 0 Å². The second-order valence-corrected chi connectivity index (χ2v) is 7.31. The van der Waals surface area contributed by atoms with Gasteiger partial charge in [0.2, 0.25) is 0 Å². The summed E-state index contributed by atoms with van der Waals surface area (Å²) in [6.45, 7) is 3.94. The number of carboxylic acid groups (broad SMARTS) is 1.